The molecule has 0 saturated heterocycles. The maximum absolute atomic E-state index is 10.8. The normalized spacial score (nSPS) is 23.6. The summed E-state index contributed by atoms with van der Waals surface area (Å²) in [6.07, 6.45) is 2.50. The lowest BCUT2D eigenvalue weighted by Crippen LogP contribution is -2.28. The van der Waals surface area contributed by atoms with Crippen molar-refractivity contribution in [3.8, 4) is 5.75 Å². The zero-order valence-electron chi connectivity index (χ0n) is 9.35. The van der Waals surface area contributed by atoms with E-state index in [0.29, 0.717) is 18.3 Å². The van der Waals surface area contributed by atoms with E-state index < -0.39 is 5.97 Å². The minimum Gasteiger partial charge on any atom is -0.493 e. The standard InChI is InChI=1S/C13H16O3/c1-9-5-6-11(9)8-16-12-4-2-3-10(7-12)13(14)15/h2-4,7,9,11H,5-6,8H2,1H3,(H,14,15)/t9-,11+/m1/s1. The van der Waals surface area contributed by atoms with Gasteiger partial charge in [-0.1, -0.05) is 13.0 Å². The molecule has 1 fully saturated rings. The highest BCUT2D eigenvalue weighted by atomic mass is 16.5. The van der Waals surface area contributed by atoms with E-state index in [2.05, 4.69) is 6.92 Å². The van der Waals surface area contributed by atoms with E-state index in [9.17, 15) is 4.79 Å². The van der Waals surface area contributed by atoms with Gasteiger partial charge in [0.05, 0.1) is 12.2 Å². The molecule has 0 bridgehead atoms. The number of rotatable bonds is 4. The molecular weight excluding hydrogens is 204 g/mol. The third-order valence-electron chi connectivity index (χ3n) is 3.34. The lowest BCUT2D eigenvalue weighted by Gasteiger charge is -2.33. The Morgan fingerprint density at radius 2 is 2.31 bits per heavy atom. The van der Waals surface area contributed by atoms with Gasteiger partial charge in [0.15, 0.2) is 0 Å². The molecule has 1 aliphatic rings. The van der Waals surface area contributed by atoms with Crippen molar-refractivity contribution >= 4 is 5.97 Å². The molecule has 3 heteroatoms. The number of hydrogen-bond acceptors (Lipinski definition) is 2. The lowest BCUT2D eigenvalue weighted by atomic mass is 9.75. The fourth-order valence-corrected chi connectivity index (χ4v) is 1.91. The van der Waals surface area contributed by atoms with Crippen molar-refractivity contribution in [1.82, 2.24) is 0 Å². The second-order valence-electron chi connectivity index (χ2n) is 4.46. The molecule has 2 atom stereocenters. The Labute approximate surface area is 95.0 Å². The van der Waals surface area contributed by atoms with Crippen LogP contribution in [-0.4, -0.2) is 17.7 Å². The summed E-state index contributed by atoms with van der Waals surface area (Å²) in [5.41, 5.74) is 0.277. The average molecular weight is 220 g/mol. The second kappa shape index (κ2) is 4.56. The van der Waals surface area contributed by atoms with Crippen LogP contribution in [0.5, 0.6) is 5.75 Å². The van der Waals surface area contributed by atoms with Crippen molar-refractivity contribution in [3.63, 3.8) is 0 Å². The smallest absolute Gasteiger partial charge is 0.335 e. The zero-order chi connectivity index (χ0) is 11.5. The van der Waals surface area contributed by atoms with Crippen molar-refractivity contribution in [2.45, 2.75) is 19.8 Å². The predicted octanol–water partition coefficient (Wildman–Crippen LogP) is 2.81. The Bertz CT molecular complexity index is 387. The molecule has 1 aromatic rings. The van der Waals surface area contributed by atoms with Crippen LogP contribution in [0, 0.1) is 11.8 Å². The van der Waals surface area contributed by atoms with E-state index in [1.54, 1.807) is 24.3 Å². The van der Waals surface area contributed by atoms with Crippen LogP contribution in [0.25, 0.3) is 0 Å². The third-order valence-corrected chi connectivity index (χ3v) is 3.34. The molecule has 0 aromatic heterocycles. The van der Waals surface area contributed by atoms with Gasteiger partial charge in [-0.05, 0) is 42.9 Å². The Hall–Kier alpha value is -1.51. The molecular formula is C13H16O3. The molecule has 86 valence electrons. The first-order valence-electron chi connectivity index (χ1n) is 5.63. The van der Waals surface area contributed by atoms with Crippen molar-refractivity contribution in [3.05, 3.63) is 29.8 Å². The molecule has 0 unspecified atom stereocenters. The number of benzene rings is 1. The molecule has 0 spiro atoms. The van der Waals surface area contributed by atoms with Crippen LogP contribution in [0.3, 0.4) is 0 Å². The van der Waals surface area contributed by atoms with Crippen LogP contribution in [0.2, 0.25) is 0 Å². The fraction of sp³-hybridized carbons (Fsp3) is 0.462. The van der Waals surface area contributed by atoms with Crippen LogP contribution < -0.4 is 4.74 Å². The van der Waals surface area contributed by atoms with Crippen LogP contribution >= 0.6 is 0 Å². The second-order valence-corrected chi connectivity index (χ2v) is 4.46. The Morgan fingerprint density at radius 3 is 2.88 bits per heavy atom. The van der Waals surface area contributed by atoms with Gasteiger partial charge >= 0.3 is 5.97 Å². The molecule has 2 rings (SSSR count). The van der Waals surface area contributed by atoms with Crippen LogP contribution in [0.1, 0.15) is 30.1 Å². The minimum atomic E-state index is -0.914. The first-order valence-corrected chi connectivity index (χ1v) is 5.63. The maximum Gasteiger partial charge on any atom is 0.335 e. The van der Waals surface area contributed by atoms with Gasteiger partial charge in [-0.2, -0.15) is 0 Å². The van der Waals surface area contributed by atoms with E-state index in [1.165, 1.54) is 12.8 Å². The topological polar surface area (TPSA) is 46.5 Å². The molecule has 0 aliphatic heterocycles. The van der Waals surface area contributed by atoms with Crippen molar-refractivity contribution < 1.29 is 14.6 Å². The Kier molecular flexibility index (Phi) is 3.13. The van der Waals surface area contributed by atoms with Crippen molar-refractivity contribution in [1.29, 1.82) is 0 Å². The molecule has 0 heterocycles. The molecule has 0 radical (unpaired) electrons. The van der Waals surface area contributed by atoms with E-state index >= 15 is 0 Å². The summed E-state index contributed by atoms with van der Waals surface area (Å²) >= 11 is 0. The number of hydrogen-bond donors (Lipinski definition) is 1. The van der Waals surface area contributed by atoms with E-state index in [0.717, 1.165) is 5.92 Å². The summed E-state index contributed by atoms with van der Waals surface area (Å²) in [5.74, 6) is 1.11. The summed E-state index contributed by atoms with van der Waals surface area (Å²) in [7, 11) is 0. The van der Waals surface area contributed by atoms with Crippen molar-refractivity contribution in [2.24, 2.45) is 11.8 Å². The number of carbonyl (C=O) groups is 1. The number of carboxylic acid groups (broad SMARTS) is 1. The predicted molar refractivity (Wildman–Crippen MR) is 60.8 cm³/mol. The zero-order valence-corrected chi connectivity index (χ0v) is 9.35. The van der Waals surface area contributed by atoms with Gasteiger partial charge in [-0.3, -0.25) is 0 Å². The molecule has 16 heavy (non-hydrogen) atoms. The fourth-order valence-electron chi connectivity index (χ4n) is 1.91. The quantitative estimate of drug-likeness (QED) is 0.848. The van der Waals surface area contributed by atoms with Gasteiger partial charge in [0.25, 0.3) is 0 Å². The van der Waals surface area contributed by atoms with Crippen LogP contribution in [-0.2, 0) is 0 Å². The SMILES string of the molecule is C[C@@H]1CC[C@H]1COc1cccc(C(=O)O)c1. The number of carboxylic acids is 1. The molecule has 0 amide bonds. The van der Waals surface area contributed by atoms with Gasteiger partial charge in [0, 0.05) is 0 Å². The highest BCUT2D eigenvalue weighted by molar-refractivity contribution is 5.87. The largest absolute Gasteiger partial charge is 0.493 e. The third kappa shape index (κ3) is 2.35. The first-order chi connectivity index (χ1) is 7.66. The Balaban J connectivity index is 1.93. The van der Waals surface area contributed by atoms with Gasteiger partial charge in [0.1, 0.15) is 5.75 Å². The monoisotopic (exact) mass is 220 g/mol. The average Bonchev–Trinajstić information content (AvgIpc) is 2.27. The van der Waals surface area contributed by atoms with E-state index in [1.807, 2.05) is 0 Å². The molecule has 1 N–H and O–H groups in total. The summed E-state index contributed by atoms with van der Waals surface area (Å²) in [6.45, 7) is 2.93. The minimum absolute atomic E-state index is 0.277. The van der Waals surface area contributed by atoms with Crippen LogP contribution in [0.4, 0.5) is 0 Å². The molecule has 1 aliphatic carbocycles. The van der Waals surface area contributed by atoms with Gasteiger partial charge in [-0.25, -0.2) is 4.79 Å². The molecule has 3 nitrogen and oxygen atoms in total. The lowest BCUT2D eigenvalue weighted by molar-refractivity contribution is 0.0695. The summed E-state index contributed by atoms with van der Waals surface area (Å²) < 4.78 is 5.61. The highest BCUT2D eigenvalue weighted by Crippen LogP contribution is 2.33. The van der Waals surface area contributed by atoms with E-state index in [-0.39, 0.29) is 5.56 Å². The summed E-state index contributed by atoms with van der Waals surface area (Å²) in [4.78, 5) is 10.8. The summed E-state index contributed by atoms with van der Waals surface area (Å²) in [6, 6.07) is 6.66. The number of ether oxygens (including phenoxy) is 1. The summed E-state index contributed by atoms with van der Waals surface area (Å²) in [5, 5.41) is 8.83. The number of aromatic carboxylic acids is 1. The van der Waals surface area contributed by atoms with Gasteiger partial charge in [0.2, 0.25) is 0 Å². The first kappa shape index (κ1) is 11.0. The van der Waals surface area contributed by atoms with Crippen LogP contribution in [0.15, 0.2) is 24.3 Å². The van der Waals surface area contributed by atoms with Crippen molar-refractivity contribution in [2.75, 3.05) is 6.61 Å². The van der Waals surface area contributed by atoms with Gasteiger partial charge in [-0.15, -0.1) is 0 Å². The van der Waals surface area contributed by atoms with Gasteiger partial charge < -0.3 is 9.84 Å². The molecule has 1 saturated carbocycles. The van der Waals surface area contributed by atoms with E-state index in [4.69, 9.17) is 9.84 Å². The Morgan fingerprint density at radius 1 is 1.50 bits per heavy atom. The highest BCUT2D eigenvalue weighted by Gasteiger charge is 2.27. The molecule has 1 aromatic carbocycles. The maximum atomic E-state index is 10.8.